The molecule has 2 saturated heterocycles. The molecule has 1 atom stereocenters. The standard InChI is InChI=1S/C41H40ClN9O4S/c1-24-34(56-41-37(24)38(27-7-9-28(42)10-8-27)45-22-35-48-47-25(2)51(35)41)12-6-26(20-43)21-44-16-19-49-17-14-29(15-18-49)55-33-5-3-4-30-31(33)23-50(40(30)54)32-11-13-36(52)46-39(32)53/h3-5,7-10,20-21,29,32,43-44H,11,13-19,22-23H2,1-2H3,(H,46,52,53)/b26-21-,43-20?. The number of nitrogens with one attached hydrogen (secondary N) is 3. The van der Waals surface area contributed by atoms with Crippen molar-refractivity contribution in [2.75, 3.05) is 26.2 Å². The first kappa shape index (κ1) is 37.3. The maximum atomic E-state index is 13.2. The second kappa shape index (κ2) is 15.9. The zero-order chi connectivity index (χ0) is 38.9. The minimum Gasteiger partial charge on any atom is -0.490 e. The minimum absolute atomic E-state index is 0.00925. The van der Waals surface area contributed by atoms with Crippen LogP contribution in [0.4, 0.5) is 0 Å². The molecule has 6 heterocycles. The highest BCUT2D eigenvalue weighted by Crippen LogP contribution is 2.37. The van der Waals surface area contributed by atoms with E-state index < -0.39 is 11.9 Å². The van der Waals surface area contributed by atoms with E-state index in [1.54, 1.807) is 28.5 Å². The largest absolute Gasteiger partial charge is 0.490 e. The minimum atomic E-state index is -0.658. The van der Waals surface area contributed by atoms with Gasteiger partial charge in [0.2, 0.25) is 11.8 Å². The van der Waals surface area contributed by atoms with Gasteiger partial charge in [0.25, 0.3) is 5.91 Å². The summed E-state index contributed by atoms with van der Waals surface area (Å²) in [6.45, 7) is 7.93. The lowest BCUT2D eigenvalue weighted by molar-refractivity contribution is -0.136. The van der Waals surface area contributed by atoms with Crippen molar-refractivity contribution in [2.45, 2.75) is 64.8 Å². The lowest BCUT2D eigenvalue weighted by atomic mass is 10.00. The Kier molecular flexibility index (Phi) is 10.6. The van der Waals surface area contributed by atoms with E-state index in [4.69, 9.17) is 26.7 Å². The van der Waals surface area contributed by atoms with Gasteiger partial charge in [-0.1, -0.05) is 41.6 Å². The van der Waals surface area contributed by atoms with E-state index in [9.17, 15) is 14.4 Å². The summed E-state index contributed by atoms with van der Waals surface area (Å²) in [7, 11) is 0. The Labute approximate surface area is 333 Å². The number of amides is 3. The van der Waals surface area contributed by atoms with Crippen molar-refractivity contribution >= 4 is 52.6 Å². The lowest BCUT2D eigenvalue weighted by Crippen LogP contribution is -2.52. The van der Waals surface area contributed by atoms with Crippen LogP contribution in [-0.2, 0) is 22.7 Å². The first-order valence-corrected chi connectivity index (χ1v) is 19.8. The number of aromatic nitrogens is 3. The Morgan fingerprint density at radius 2 is 1.91 bits per heavy atom. The third-order valence-corrected chi connectivity index (χ3v) is 12.1. The first-order valence-electron chi connectivity index (χ1n) is 18.7. The van der Waals surface area contributed by atoms with Crippen LogP contribution in [0.25, 0.3) is 5.00 Å². The molecule has 3 amide bonds. The molecule has 2 aromatic heterocycles. The Morgan fingerprint density at radius 3 is 2.68 bits per heavy atom. The van der Waals surface area contributed by atoms with Gasteiger partial charge in [-0.15, -0.1) is 21.5 Å². The number of ether oxygens (including phenoxy) is 1. The molecule has 1 unspecified atom stereocenters. The Morgan fingerprint density at radius 1 is 1.11 bits per heavy atom. The van der Waals surface area contributed by atoms with E-state index in [0.29, 0.717) is 41.4 Å². The molecule has 4 aromatic rings. The van der Waals surface area contributed by atoms with Crippen LogP contribution in [-0.4, -0.2) is 92.5 Å². The number of nitrogens with zero attached hydrogens (tertiary/aromatic N) is 6. The summed E-state index contributed by atoms with van der Waals surface area (Å²) in [5, 5.41) is 24.1. The van der Waals surface area contributed by atoms with Crippen molar-refractivity contribution in [3.63, 3.8) is 0 Å². The van der Waals surface area contributed by atoms with Crippen LogP contribution in [0.3, 0.4) is 0 Å². The molecular formula is C41H40ClN9O4S. The molecular weight excluding hydrogens is 750 g/mol. The average molecular weight is 790 g/mol. The summed E-state index contributed by atoms with van der Waals surface area (Å²) < 4.78 is 8.52. The smallest absolute Gasteiger partial charge is 0.255 e. The Balaban J connectivity index is 0.867. The number of aryl methyl sites for hydroxylation is 1. The third kappa shape index (κ3) is 7.37. The number of carbonyl (C=O) groups is 3. The van der Waals surface area contributed by atoms with Gasteiger partial charge in [0.1, 0.15) is 35.3 Å². The highest BCUT2D eigenvalue weighted by Gasteiger charge is 2.40. The van der Waals surface area contributed by atoms with E-state index in [2.05, 4.69) is 49.1 Å². The molecule has 4 aliphatic heterocycles. The highest BCUT2D eigenvalue weighted by molar-refractivity contribution is 7.15. The summed E-state index contributed by atoms with van der Waals surface area (Å²) in [5.74, 6) is 7.82. The number of hydrogen-bond donors (Lipinski definition) is 3. The van der Waals surface area contributed by atoms with Gasteiger partial charge in [0.15, 0.2) is 5.82 Å². The fraction of sp³-hybridized carbons (Fsp3) is 0.341. The van der Waals surface area contributed by atoms with Crippen molar-refractivity contribution in [1.29, 1.82) is 5.41 Å². The number of thiophene rings is 1. The van der Waals surface area contributed by atoms with Gasteiger partial charge in [-0.25, -0.2) is 0 Å². The number of carbonyl (C=O) groups excluding carboxylic acids is 3. The second-order valence-corrected chi connectivity index (χ2v) is 15.6. The monoisotopic (exact) mass is 789 g/mol. The molecule has 0 bridgehead atoms. The molecule has 15 heteroatoms. The van der Waals surface area contributed by atoms with Crippen LogP contribution < -0.4 is 15.4 Å². The lowest BCUT2D eigenvalue weighted by Gasteiger charge is -2.32. The number of piperidine rings is 2. The summed E-state index contributed by atoms with van der Waals surface area (Å²) in [4.78, 5) is 47.1. The van der Waals surface area contributed by atoms with Crippen LogP contribution in [0.5, 0.6) is 5.75 Å². The molecule has 56 heavy (non-hydrogen) atoms. The number of hydrogen-bond acceptors (Lipinski definition) is 11. The molecule has 286 valence electrons. The summed E-state index contributed by atoms with van der Waals surface area (Å²) in [6, 6.07) is 12.5. The van der Waals surface area contributed by atoms with Crippen molar-refractivity contribution in [3.8, 4) is 22.6 Å². The maximum absolute atomic E-state index is 13.2. The Hall–Kier alpha value is -5.62. The van der Waals surface area contributed by atoms with Gasteiger partial charge < -0.3 is 25.3 Å². The molecule has 3 N–H and O–H groups in total. The van der Waals surface area contributed by atoms with Crippen molar-refractivity contribution in [1.82, 2.24) is 35.2 Å². The first-order chi connectivity index (χ1) is 27.2. The van der Waals surface area contributed by atoms with Crippen LogP contribution >= 0.6 is 22.9 Å². The van der Waals surface area contributed by atoms with Gasteiger partial charge in [0, 0.05) is 72.3 Å². The normalized spacial score (nSPS) is 18.6. The van der Waals surface area contributed by atoms with Gasteiger partial charge in [-0.05, 0) is 62.9 Å². The van der Waals surface area contributed by atoms with Crippen LogP contribution in [0.2, 0.25) is 5.02 Å². The quantitative estimate of drug-likeness (QED) is 0.0952. The average Bonchev–Trinajstić information content (AvgIpc) is 3.80. The highest BCUT2D eigenvalue weighted by atomic mass is 35.5. The summed E-state index contributed by atoms with van der Waals surface area (Å²) >= 11 is 7.77. The van der Waals surface area contributed by atoms with Gasteiger partial charge in [-0.3, -0.25) is 29.3 Å². The number of fused-ring (bicyclic) bond motifs is 4. The van der Waals surface area contributed by atoms with E-state index in [1.807, 2.05) is 43.3 Å². The van der Waals surface area contributed by atoms with Gasteiger partial charge in [0.05, 0.1) is 22.7 Å². The number of rotatable bonds is 9. The van der Waals surface area contributed by atoms with E-state index in [1.165, 1.54) is 6.21 Å². The predicted molar refractivity (Wildman–Crippen MR) is 214 cm³/mol. The molecule has 4 aliphatic rings. The molecule has 0 radical (unpaired) electrons. The van der Waals surface area contributed by atoms with E-state index >= 15 is 0 Å². The van der Waals surface area contributed by atoms with Crippen molar-refractivity contribution in [2.24, 2.45) is 4.99 Å². The zero-order valence-corrected chi connectivity index (χ0v) is 32.6. The Bertz CT molecular complexity index is 2360. The number of likely N-dealkylation sites (tertiary alicyclic amines) is 1. The summed E-state index contributed by atoms with van der Waals surface area (Å²) in [6.07, 6.45) is 5.29. The molecule has 8 rings (SSSR count). The number of imide groups is 1. The summed E-state index contributed by atoms with van der Waals surface area (Å²) in [5.41, 5.74) is 5.75. The van der Waals surface area contributed by atoms with Gasteiger partial charge >= 0.3 is 0 Å². The predicted octanol–water partition coefficient (Wildman–Crippen LogP) is 4.73. The SMILES string of the molecule is Cc1c(C#C/C(C=N)=C/NCCN2CCC(Oc3cccc4c3CN(C3CCC(=O)NC3=O)C4=O)CC2)sc2c1C(c1ccc(Cl)cc1)=NCc1nnc(C)n1-2. The van der Waals surface area contributed by atoms with Crippen LogP contribution in [0.15, 0.2) is 59.2 Å². The number of benzene rings is 2. The second-order valence-electron chi connectivity index (χ2n) is 14.2. The van der Waals surface area contributed by atoms with Crippen molar-refractivity contribution in [3.05, 3.63) is 104 Å². The topological polar surface area (TPSA) is 158 Å². The molecule has 2 fully saturated rings. The van der Waals surface area contributed by atoms with E-state index in [-0.39, 0.29) is 30.9 Å². The zero-order valence-electron chi connectivity index (χ0n) is 31.0. The number of halogens is 1. The molecule has 0 saturated carbocycles. The number of allylic oxidation sites excluding steroid dienone is 1. The maximum Gasteiger partial charge on any atom is 0.255 e. The number of aliphatic imine (C=N–C) groups is 1. The molecule has 2 aromatic carbocycles. The fourth-order valence-corrected chi connectivity index (χ4v) is 9.00. The molecule has 0 aliphatic carbocycles. The van der Waals surface area contributed by atoms with Crippen LogP contribution in [0.1, 0.15) is 74.8 Å². The molecule has 0 spiro atoms. The fourth-order valence-electron chi connectivity index (χ4n) is 7.64. The van der Waals surface area contributed by atoms with E-state index in [0.717, 1.165) is 82.0 Å². The van der Waals surface area contributed by atoms with Gasteiger partial charge in [-0.2, -0.15) is 0 Å². The van der Waals surface area contributed by atoms with Crippen LogP contribution in [0, 0.1) is 31.1 Å². The molecule has 13 nitrogen and oxygen atoms in total. The van der Waals surface area contributed by atoms with Crippen molar-refractivity contribution < 1.29 is 19.1 Å². The third-order valence-electron chi connectivity index (χ3n) is 10.6.